The number of aryl methyl sites for hydroxylation is 3. The maximum absolute atomic E-state index is 12.1. The second kappa shape index (κ2) is 5.18. The number of hydrogen-bond acceptors (Lipinski definition) is 3. The minimum atomic E-state index is -0.252. The van der Waals surface area contributed by atoms with Gasteiger partial charge in [-0.1, -0.05) is 23.8 Å². The quantitative estimate of drug-likeness (QED) is 0.624. The van der Waals surface area contributed by atoms with Gasteiger partial charge < -0.3 is 4.57 Å². The molecule has 98 valence electrons. The molecule has 0 saturated heterocycles. The van der Waals surface area contributed by atoms with E-state index in [4.69, 9.17) is 0 Å². The van der Waals surface area contributed by atoms with Gasteiger partial charge >= 0.3 is 0 Å². The third-order valence-electron chi connectivity index (χ3n) is 3.07. The third-order valence-corrected chi connectivity index (χ3v) is 3.07. The highest BCUT2D eigenvalue weighted by atomic mass is 16.1. The minimum absolute atomic E-state index is 0.144. The molecule has 0 bridgehead atoms. The Bertz CT molecular complexity index is 641. The number of ketones is 2. The van der Waals surface area contributed by atoms with E-state index in [1.165, 1.54) is 0 Å². The predicted molar refractivity (Wildman–Crippen MR) is 72.4 cm³/mol. The number of hydrogen-bond donors (Lipinski definition) is 0. The molecule has 0 saturated carbocycles. The van der Waals surface area contributed by atoms with E-state index in [9.17, 15) is 9.59 Å². The number of imidazole rings is 1. The molecular weight excluding hydrogens is 240 g/mol. The van der Waals surface area contributed by atoms with Crippen LogP contribution in [0.4, 0.5) is 0 Å². The van der Waals surface area contributed by atoms with Crippen molar-refractivity contribution >= 4 is 11.6 Å². The first-order valence-electron chi connectivity index (χ1n) is 6.10. The van der Waals surface area contributed by atoms with Crippen molar-refractivity contribution in [2.75, 3.05) is 0 Å². The van der Waals surface area contributed by atoms with Crippen molar-refractivity contribution in [3.63, 3.8) is 0 Å². The lowest BCUT2D eigenvalue weighted by molar-refractivity contribution is 0.0886. The molecule has 0 fully saturated rings. The molecule has 2 rings (SSSR count). The Kier molecular flexibility index (Phi) is 3.60. The molecular formula is C15H16N2O2. The highest BCUT2D eigenvalue weighted by Gasteiger charge is 2.18. The number of Topliss-reactive ketones (excluding diaryl/α,β-unsaturated/α-hetero) is 2. The molecule has 0 N–H and O–H groups in total. The summed E-state index contributed by atoms with van der Waals surface area (Å²) in [6.07, 6.45) is 3.10. The maximum Gasteiger partial charge on any atom is 0.205 e. The fourth-order valence-electron chi connectivity index (χ4n) is 2.08. The lowest BCUT2D eigenvalue weighted by Gasteiger charge is -2.05. The lowest BCUT2D eigenvalue weighted by atomic mass is 9.99. The highest BCUT2D eigenvalue weighted by Crippen LogP contribution is 2.14. The van der Waals surface area contributed by atoms with Crippen LogP contribution in [0.15, 0.2) is 30.6 Å². The van der Waals surface area contributed by atoms with Gasteiger partial charge in [-0.15, -0.1) is 0 Å². The fourth-order valence-corrected chi connectivity index (χ4v) is 2.08. The van der Waals surface area contributed by atoms with Crippen molar-refractivity contribution in [2.24, 2.45) is 7.05 Å². The largest absolute Gasteiger partial charge is 0.332 e. The Labute approximate surface area is 112 Å². The first kappa shape index (κ1) is 13.2. The average molecular weight is 256 g/mol. The van der Waals surface area contributed by atoms with Gasteiger partial charge in [0, 0.05) is 25.0 Å². The molecule has 1 heterocycles. The molecule has 0 aliphatic carbocycles. The molecule has 0 radical (unpaired) electrons. The van der Waals surface area contributed by atoms with Gasteiger partial charge in [0.15, 0.2) is 11.6 Å². The van der Waals surface area contributed by atoms with Crippen molar-refractivity contribution in [3.05, 3.63) is 53.1 Å². The topological polar surface area (TPSA) is 52.0 Å². The monoisotopic (exact) mass is 256 g/mol. The van der Waals surface area contributed by atoms with Crippen LogP contribution >= 0.6 is 0 Å². The Morgan fingerprint density at radius 3 is 2.53 bits per heavy atom. The highest BCUT2D eigenvalue weighted by molar-refractivity contribution is 6.12. The molecule has 4 nitrogen and oxygen atoms in total. The van der Waals surface area contributed by atoms with Crippen LogP contribution in [0.25, 0.3) is 0 Å². The Hall–Kier alpha value is -2.23. The molecule has 19 heavy (non-hydrogen) atoms. The van der Waals surface area contributed by atoms with Crippen molar-refractivity contribution in [1.29, 1.82) is 0 Å². The first-order chi connectivity index (χ1) is 8.99. The smallest absolute Gasteiger partial charge is 0.205 e. The van der Waals surface area contributed by atoms with Gasteiger partial charge in [0.2, 0.25) is 5.78 Å². The van der Waals surface area contributed by atoms with Gasteiger partial charge in [-0.3, -0.25) is 9.59 Å². The summed E-state index contributed by atoms with van der Waals surface area (Å²) >= 11 is 0. The van der Waals surface area contributed by atoms with E-state index in [0.717, 1.165) is 11.1 Å². The number of benzene rings is 1. The third kappa shape index (κ3) is 2.78. The maximum atomic E-state index is 12.1. The van der Waals surface area contributed by atoms with E-state index in [1.807, 2.05) is 26.0 Å². The molecule has 0 unspecified atom stereocenters. The average Bonchev–Trinajstić information content (AvgIpc) is 2.75. The normalized spacial score (nSPS) is 10.5. The minimum Gasteiger partial charge on any atom is -0.332 e. The van der Waals surface area contributed by atoms with Crippen LogP contribution < -0.4 is 0 Å². The van der Waals surface area contributed by atoms with Gasteiger partial charge in [-0.2, -0.15) is 0 Å². The SMILES string of the molecule is Cc1ccc(C(=O)CC(=O)c2nccn2C)c(C)c1. The molecule has 0 amide bonds. The van der Waals surface area contributed by atoms with E-state index in [-0.39, 0.29) is 18.0 Å². The number of carbonyl (C=O) groups is 2. The fraction of sp³-hybridized carbons (Fsp3) is 0.267. The van der Waals surface area contributed by atoms with E-state index < -0.39 is 0 Å². The van der Waals surface area contributed by atoms with E-state index in [0.29, 0.717) is 11.4 Å². The molecule has 4 heteroatoms. The molecule has 0 spiro atoms. The zero-order chi connectivity index (χ0) is 14.0. The lowest BCUT2D eigenvalue weighted by Crippen LogP contribution is -2.13. The number of rotatable bonds is 4. The summed E-state index contributed by atoms with van der Waals surface area (Å²) in [5.74, 6) is -0.0962. The molecule has 0 atom stereocenters. The van der Waals surface area contributed by atoms with Crippen LogP contribution in [0.2, 0.25) is 0 Å². The summed E-state index contributed by atoms with van der Waals surface area (Å²) in [5, 5.41) is 0. The molecule has 1 aromatic heterocycles. The molecule has 0 aliphatic heterocycles. The van der Waals surface area contributed by atoms with Crippen LogP contribution in [-0.4, -0.2) is 21.1 Å². The van der Waals surface area contributed by atoms with Gasteiger partial charge in [0.1, 0.15) is 0 Å². The number of carbonyl (C=O) groups excluding carboxylic acids is 2. The van der Waals surface area contributed by atoms with Crippen LogP contribution in [0.3, 0.4) is 0 Å². The van der Waals surface area contributed by atoms with Crippen molar-refractivity contribution in [1.82, 2.24) is 9.55 Å². The molecule has 1 aromatic carbocycles. The van der Waals surface area contributed by atoms with Crippen molar-refractivity contribution < 1.29 is 9.59 Å². The van der Waals surface area contributed by atoms with Crippen LogP contribution in [0, 0.1) is 13.8 Å². The number of nitrogens with zero attached hydrogens (tertiary/aromatic N) is 2. The summed E-state index contributed by atoms with van der Waals surface area (Å²) in [4.78, 5) is 28.1. The van der Waals surface area contributed by atoms with Gasteiger partial charge in [-0.25, -0.2) is 4.98 Å². The second-order valence-corrected chi connectivity index (χ2v) is 4.70. The van der Waals surface area contributed by atoms with Gasteiger partial charge in [0.25, 0.3) is 0 Å². The summed E-state index contributed by atoms with van der Waals surface area (Å²) in [6.45, 7) is 3.85. The number of aromatic nitrogens is 2. The van der Waals surface area contributed by atoms with Crippen LogP contribution in [0.1, 0.15) is 38.5 Å². The van der Waals surface area contributed by atoms with E-state index in [1.54, 1.807) is 30.1 Å². The summed E-state index contributed by atoms with van der Waals surface area (Å²) in [7, 11) is 1.74. The van der Waals surface area contributed by atoms with E-state index in [2.05, 4.69) is 4.98 Å². The Morgan fingerprint density at radius 2 is 1.95 bits per heavy atom. The standard InChI is InChI=1S/C15H16N2O2/c1-10-4-5-12(11(2)8-10)13(18)9-14(19)15-16-6-7-17(15)3/h4-8H,9H2,1-3H3. The van der Waals surface area contributed by atoms with Crippen molar-refractivity contribution in [3.8, 4) is 0 Å². The molecule has 0 aliphatic rings. The first-order valence-corrected chi connectivity index (χ1v) is 6.10. The van der Waals surface area contributed by atoms with E-state index >= 15 is 0 Å². The summed E-state index contributed by atoms with van der Waals surface area (Å²) in [5.41, 5.74) is 2.61. The Morgan fingerprint density at radius 1 is 1.21 bits per heavy atom. The Balaban J connectivity index is 2.18. The van der Waals surface area contributed by atoms with Crippen LogP contribution in [0.5, 0.6) is 0 Å². The summed E-state index contributed by atoms with van der Waals surface area (Å²) < 4.78 is 1.62. The van der Waals surface area contributed by atoms with Crippen LogP contribution in [-0.2, 0) is 7.05 Å². The zero-order valence-corrected chi connectivity index (χ0v) is 11.3. The van der Waals surface area contributed by atoms with Gasteiger partial charge in [0.05, 0.1) is 6.42 Å². The van der Waals surface area contributed by atoms with Gasteiger partial charge in [-0.05, 0) is 19.4 Å². The molecule has 2 aromatic rings. The second-order valence-electron chi connectivity index (χ2n) is 4.70. The zero-order valence-electron chi connectivity index (χ0n) is 11.3. The predicted octanol–water partition coefficient (Wildman–Crippen LogP) is 2.49. The van der Waals surface area contributed by atoms with Crippen molar-refractivity contribution in [2.45, 2.75) is 20.3 Å². The summed E-state index contributed by atoms with van der Waals surface area (Å²) in [6, 6.07) is 5.60.